The Morgan fingerprint density at radius 2 is 0.975 bits per heavy atom. The lowest BCUT2D eigenvalue weighted by Gasteiger charge is -2.09. The molecule has 0 N–H and O–H groups in total. The summed E-state index contributed by atoms with van der Waals surface area (Å²) in [6, 6.07) is 51.1. The molecule has 40 heavy (non-hydrogen) atoms. The Labute approximate surface area is 231 Å². The summed E-state index contributed by atoms with van der Waals surface area (Å²) in [7, 11) is 0. The average molecular weight is 513 g/mol. The second-order valence-corrected chi connectivity index (χ2v) is 10.1. The zero-order valence-corrected chi connectivity index (χ0v) is 21.7. The summed E-state index contributed by atoms with van der Waals surface area (Å²) < 4.78 is 8.37. The summed E-state index contributed by atoms with van der Waals surface area (Å²) in [5.41, 5.74) is 10.9. The third-order valence-electron chi connectivity index (χ3n) is 7.65. The van der Waals surface area contributed by atoms with E-state index in [1.54, 1.807) is 0 Å². The van der Waals surface area contributed by atoms with Crippen LogP contribution >= 0.6 is 0 Å². The lowest BCUT2D eigenvalue weighted by molar-refractivity contribution is 0.620. The van der Waals surface area contributed by atoms with Crippen molar-refractivity contribution in [2.24, 2.45) is 0 Å². The third-order valence-corrected chi connectivity index (χ3v) is 7.65. The Kier molecular flexibility index (Phi) is 5.14. The molecule has 3 heteroatoms. The van der Waals surface area contributed by atoms with E-state index in [0.29, 0.717) is 5.89 Å². The van der Waals surface area contributed by atoms with Gasteiger partial charge < -0.3 is 8.98 Å². The monoisotopic (exact) mass is 512 g/mol. The first-order valence-electron chi connectivity index (χ1n) is 13.5. The molecule has 0 aliphatic rings. The average Bonchev–Trinajstić information content (AvgIpc) is 3.61. The fourth-order valence-corrected chi connectivity index (χ4v) is 5.67. The normalized spacial score (nSPS) is 11.5. The van der Waals surface area contributed by atoms with Crippen LogP contribution in [0.4, 0.5) is 0 Å². The molecule has 0 radical (unpaired) electrons. The number of rotatable bonds is 4. The van der Waals surface area contributed by atoms with Crippen LogP contribution in [0.25, 0.3) is 72.3 Å². The first kappa shape index (κ1) is 22.6. The fraction of sp³-hybridized carbons (Fsp3) is 0. The van der Waals surface area contributed by atoms with Gasteiger partial charge in [0, 0.05) is 22.0 Å². The second-order valence-electron chi connectivity index (χ2n) is 10.1. The number of benzene rings is 6. The summed E-state index contributed by atoms with van der Waals surface area (Å²) >= 11 is 0. The van der Waals surface area contributed by atoms with E-state index < -0.39 is 0 Å². The highest BCUT2D eigenvalue weighted by Gasteiger charge is 2.15. The van der Waals surface area contributed by atoms with E-state index in [9.17, 15) is 0 Å². The first-order chi connectivity index (χ1) is 19.8. The van der Waals surface area contributed by atoms with Crippen LogP contribution in [0.3, 0.4) is 0 Å². The Morgan fingerprint density at radius 3 is 1.55 bits per heavy atom. The Bertz CT molecular complexity index is 2010. The van der Waals surface area contributed by atoms with Crippen LogP contribution in [0.5, 0.6) is 0 Å². The van der Waals surface area contributed by atoms with Gasteiger partial charge in [0.25, 0.3) is 0 Å². The zero-order chi connectivity index (χ0) is 26.5. The van der Waals surface area contributed by atoms with Gasteiger partial charge in [-0.2, -0.15) is 0 Å². The zero-order valence-electron chi connectivity index (χ0n) is 21.7. The molecule has 8 aromatic rings. The molecule has 188 valence electrons. The van der Waals surface area contributed by atoms with Gasteiger partial charge in [-0.1, -0.05) is 84.9 Å². The van der Waals surface area contributed by atoms with Gasteiger partial charge in [0.05, 0.1) is 11.0 Å². The first-order valence-corrected chi connectivity index (χ1v) is 13.5. The molecule has 0 bridgehead atoms. The Balaban J connectivity index is 1.31. The molecular formula is C37H24N2O. The van der Waals surface area contributed by atoms with Gasteiger partial charge >= 0.3 is 0 Å². The quantitative estimate of drug-likeness (QED) is 0.235. The molecule has 0 saturated heterocycles. The SMILES string of the molecule is c1ccc(-c2ccc3c(c2)c2cc(-c4ccccc4)ccc2n3-c2ccc(-c3nc4ccccc4o3)cc2)cc1. The minimum atomic E-state index is 0.634. The number of oxazole rings is 1. The van der Waals surface area contributed by atoms with Crippen LogP contribution in [-0.2, 0) is 0 Å². The molecule has 2 aromatic heterocycles. The maximum absolute atomic E-state index is 6.02. The molecule has 8 rings (SSSR count). The van der Waals surface area contributed by atoms with Gasteiger partial charge in [0.1, 0.15) is 5.52 Å². The second kappa shape index (κ2) is 9.11. The number of hydrogen-bond donors (Lipinski definition) is 0. The van der Waals surface area contributed by atoms with Crippen molar-refractivity contribution in [3.05, 3.63) is 146 Å². The van der Waals surface area contributed by atoms with Crippen molar-refractivity contribution in [3.63, 3.8) is 0 Å². The molecule has 0 amide bonds. The molecule has 0 atom stereocenters. The number of aromatic nitrogens is 2. The third kappa shape index (κ3) is 3.71. The van der Waals surface area contributed by atoms with Gasteiger partial charge in [0.2, 0.25) is 5.89 Å². The molecule has 0 unspecified atom stereocenters. The van der Waals surface area contributed by atoms with Crippen molar-refractivity contribution in [1.82, 2.24) is 9.55 Å². The van der Waals surface area contributed by atoms with Gasteiger partial charge in [-0.05, 0) is 82.9 Å². The minimum absolute atomic E-state index is 0.634. The van der Waals surface area contributed by atoms with E-state index in [4.69, 9.17) is 4.42 Å². The standard InChI is InChI=1S/C37H24N2O/c1-3-9-25(10-4-1)28-17-21-34-31(23-28)32-24-29(26-11-5-2-6-12-26)18-22-35(32)39(34)30-19-15-27(16-20-30)37-38-33-13-7-8-14-36(33)40-37/h1-24H. The van der Waals surface area contributed by atoms with Gasteiger partial charge in [0.15, 0.2) is 5.58 Å². The van der Waals surface area contributed by atoms with Crippen molar-refractivity contribution in [2.75, 3.05) is 0 Å². The molecule has 0 spiro atoms. The number of fused-ring (bicyclic) bond motifs is 4. The highest BCUT2D eigenvalue weighted by molar-refractivity contribution is 6.11. The predicted molar refractivity (Wildman–Crippen MR) is 165 cm³/mol. The van der Waals surface area contributed by atoms with E-state index >= 15 is 0 Å². The molecule has 0 aliphatic heterocycles. The Hall–Kier alpha value is -5.41. The lowest BCUT2D eigenvalue weighted by atomic mass is 10.0. The number of para-hydroxylation sites is 2. The highest BCUT2D eigenvalue weighted by Crippen LogP contribution is 2.37. The largest absolute Gasteiger partial charge is 0.436 e. The maximum atomic E-state index is 6.02. The van der Waals surface area contributed by atoms with Crippen LogP contribution in [-0.4, -0.2) is 9.55 Å². The molecule has 6 aromatic carbocycles. The molecular weight excluding hydrogens is 488 g/mol. The van der Waals surface area contributed by atoms with Crippen molar-refractivity contribution in [1.29, 1.82) is 0 Å². The molecule has 0 fully saturated rings. The van der Waals surface area contributed by atoms with E-state index in [0.717, 1.165) is 22.4 Å². The smallest absolute Gasteiger partial charge is 0.227 e. The molecule has 0 saturated carbocycles. The number of nitrogens with zero attached hydrogens (tertiary/aromatic N) is 2. The van der Waals surface area contributed by atoms with Crippen LogP contribution in [0.15, 0.2) is 150 Å². The summed E-state index contributed by atoms with van der Waals surface area (Å²) in [5, 5.41) is 2.47. The Morgan fingerprint density at radius 1 is 0.450 bits per heavy atom. The van der Waals surface area contributed by atoms with Crippen molar-refractivity contribution >= 4 is 32.9 Å². The van der Waals surface area contributed by atoms with E-state index in [1.165, 1.54) is 44.1 Å². The summed E-state index contributed by atoms with van der Waals surface area (Å²) in [5.74, 6) is 0.634. The summed E-state index contributed by atoms with van der Waals surface area (Å²) in [4.78, 5) is 4.68. The van der Waals surface area contributed by atoms with Crippen LogP contribution in [0, 0.1) is 0 Å². The van der Waals surface area contributed by atoms with Crippen molar-refractivity contribution < 1.29 is 4.42 Å². The minimum Gasteiger partial charge on any atom is -0.436 e. The van der Waals surface area contributed by atoms with Crippen molar-refractivity contribution in [3.8, 4) is 39.4 Å². The molecule has 0 aliphatic carbocycles. The van der Waals surface area contributed by atoms with E-state index in [2.05, 4.69) is 131 Å². The summed E-state index contributed by atoms with van der Waals surface area (Å²) in [6.45, 7) is 0. The topological polar surface area (TPSA) is 31.0 Å². The summed E-state index contributed by atoms with van der Waals surface area (Å²) in [6.07, 6.45) is 0. The number of hydrogen-bond acceptors (Lipinski definition) is 2. The van der Waals surface area contributed by atoms with Gasteiger partial charge in [-0.3, -0.25) is 0 Å². The van der Waals surface area contributed by atoms with Crippen LogP contribution < -0.4 is 0 Å². The molecule has 2 heterocycles. The van der Waals surface area contributed by atoms with E-state index in [1.807, 2.05) is 24.3 Å². The molecule has 3 nitrogen and oxygen atoms in total. The van der Waals surface area contributed by atoms with Gasteiger partial charge in [-0.25, -0.2) is 4.98 Å². The van der Waals surface area contributed by atoms with E-state index in [-0.39, 0.29) is 0 Å². The lowest BCUT2D eigenvalue weighted by Crippen LogP contribution is -1.94. The predicted octanol–water partition coefficient (Wildman–Crippen LogP) is 9.93. The maximum Gasteiger partial charge on any atom is 0.227 e. The highest BCUT2D eigenvalue weighted by atomic mass is 16.3. The van der Waals surface area contributed by atoms with Crippen molar-refractivity contribution in [2.45, 2.75) is 0 Å². The van der Waals surface area contributed by atoms with Crippen LogP contribution in [0.2, 0.25) is 0 Å². The van der Waals surface area contributed by atoms with Crippen LogP contribution in [0.1, 0.15) is 0 Å². The van der Waals surface area contributed by atoms with Gasteiger partial charge in [-0.15, -0.1) is 0 Å². The fourth-order valence-electron chi connectivity index (χ4n) is 5.67.